The van der Waals surface area contributed by atoms with E-state index in [0.29, 0.717) is 11.3 Å². The van der Waals surface area contributed by atoms with Crippen LogP contribution in [0.25, 0.3) is 10.2 Å². The van der Waals surface area contributed by atoms with Gasteiger partial charge in [-0.1, -0.05) is 29.6 Å². The molecule has 0 amide bonds. The molecule has 21 heavy (non-hydrogen) atoms. The molecule has 106 valence electrons. The smallest absolute Gasteiger partial charge is 0.188 e. The van der Waals surface area contributed by atoms with E-state index in [9.17, 15) is 4.39 Å². The molecule has 0 bridgehead atoms. The Balaban J connectivity index is 2.00. The molecule has 0 saturated heterocycles. The van der Waals surface area contributed by atoms with E-state index in [1.54, 1.807) is 6.07 Å². The second kappa shape index (κ2) is 5.38. The fourth-order valence-corrected chi connectivity index (χ4v) is 3.18. The molecular weight excluding hydrogens is 305 g/mol. The number of nitrogens with one attached hydrogen (secondary N) is 1. The van der Waals surface area contributed by atoms with Gasteiger partial charge >= 0.3 is 0 Å². The molecule has 1 aromatic heterocycles. The van der Waals surface area contributed by atoms with Crippen molar-refractivity contribution in [3.8, 4) is 0 Å². The van der Waals surface area contributed by atoms with Crippen LogP contribution in [0.1, 0.15) is 11.1 Å². The van der Waals surface area contributed by atoms with Crippen molar-refractivity contribution in [2.75, 3.05) is 5.32 Å². The molecule has 3 nitrogen and oxygen atoms in total. The first-order chi connectivity index (χ1) is 10.0. The van der Waals surface area contributed by atoms with E-state index in [2.05, 4.69) is 16.4 Å². The number of aromatic nitrogens is 1. The van der Waals surface area contributed by atoms with E-state index in [1.807, 2.05) is 19.1 Å². The maximum absolute atomic E-state index is 13.3. The lowest BCUT2D eigenvalue weighted by Crippen LogP contribution is -2.12. The molecule has 0 aliphatic carbocycles. The van der Waals surface area contributed by atoms with Gasteiger partial charge in [0.2, 0.25) is 0 Å². The Labute approximate surface area is 130 Å². The maximum Gasteiger partial charge on any atom is 0.188 e. The first-order valence-corrected chi connectivity index (χ1v) is 7.49. The minimum atomic E-state index is -0.372. The topological polar surface area (TPSA) is 50.9 Å². The van der Waals surface area contributed by atoms with Crippen molar-refractivity contribution >= 4 is 49.6 Å². The number of thiazole rings is 1. The van der Waals surface area contributed by atoms with Crippen molar-refractivity contribution in [1.29, 1.82) is 0 Å². The highest BCUT2D eigenvalue weighted by Gasteiger charge is 2.10. The van der Waals surface area contributed by atoms with Crippen molar-refractivity contribution < 1.29 is 4.39 Å². The number of benzene rings is 2. The van der Waals surface area contributed by atoms with Crippen molar-refractivity contribution in [2.45, 2.75) is 6.92 Å². The van der Waals surface area contributed by atoms with Crippen molar-refractivity contribution in [3.05, 3.63) is 53.3 Å². The molecule has 0 radical (unpaired) electrons. The van der Waals surface area contributed by atoms with Crippen LogP contribution in [0.5, 0.6) is 0 Å². The Kier molecular flexibility index (Phi) is 3.57. The van der Waals surface area contributed by atoms with E-state index < -0.39 is 0 Å². The van der Waals surface area contributed by atoms with Gasteiger partial charge in [-0.2, -0.15) is 0 Å². The van der Waals surface area contributed by atoms with Gasteiger partial charge in [0.1, 0.15) is 10.8 Å². The van der Waals surface area contributed by atoms with Crippen LogP contribution in [0.4, 0.5) is 15.2 Å². The molecule has 0 atom stereocenters. The summed E-state index contributed by atoms with van der Waals surface area (Å²) >= 11 is 6.49. The number of nitrogens with two attached hydrogens (primary N) is 1. The lowest BCUT2D eigenvalue weighted by molar-refractivity contribution is 0.628. The van der Waals surface area contributed by atoms with E-state index in [1.165, 1.54) is 29.0 Å². The van der Waals surface area contributed by atoms with Crippen LogP contribution >= 0.6 is 23.6 Å². The molecule has 0 aliphatic rings. The van der Waals surface area contributed by atoms with Gasteiger partial charge in [-0.05, 0) is 42.8 Å². The Bertz CT molecular complexity index is 842. The minimum Gasteiger partial charge on any atom is -0.389 e. The van der Waals surface area contributed by atoms with Gasteiger partial charge in [-0.25, -0.2) is 9.37 Å². The highest BCUT2D eigenvalue weighted by Crippen LogP contribution is 2.30. The zero-order valence-corrected chi connectivity index (χ0v) is 12.8. The monoisotopic (exact) mass is 317 g/mol. The maximum atomic E-state index is 13.3. The van der Waals surface area contributed by atoms with Crippen LogP contribution in [-0.4, -0.2) is 9.97 Å². The average Bonchev–Trinajstić information content (AvgIpc) is 2.82. The summed E-state index contributed by atoms with van der Waals surface area (Å²) < 4.78 is 14.4. The van der Waals surface area contributed by atoms with Crippen LogP contribution in [0.2, 0.25) is 0 Å². The summed E-state index contributed by atoms with van der Waals surface area (Å²) in [5.74, 6) is -0.372. The summed E-state index contributed by atoms with van der Waals surface area (Å²) in [6, 6.07) is 10.4. The van der Waals surface area contributed by atoms with E-state index in [-0.39, 0.29) is 10.8 Å². The van der Waals surface area contributed by atoms with Crippen LogP contribution in [0.15, 0.2) is 36.4 Å². The summed E-state index contributed by atoms with van der Waals surface area (Å²) in [6.07, 6.45) is 0. The number of hydrogen-bond acceptors (Lipinski definition) is 4. The minimum absolute atomic E-state index is 0.147. The fraction of sp³-hybridized carbons (Fsp3) is 0.0667. The van der Waals surface area contributed by atoms with Gasteiger partial charge in [0.05, 0.1) is 15.9 Å². The highest BCUT2D eigenvalue weighted by atomic mass is 32.1. The van der Waals surface area contributed by atoms with Crippen molar-refractivity contribution in [3.63, 3.8) is 0 Å². The Hall–Kier alpha value is -2.05. The van der Waals surface area contributed by atoms with Crippen LogP contribution < -0.4 is 11.1 Å². The number of halogens is 1. The molecule has 0 spiro atoms. The second-order valence-corrected chi connectivity index (χ2v) is 6.14. The molecule has 1 heterocycles. The summed E-state index contributed by atoms with van der Waals surface area (Å²) in [6.45, 7) is 2.04. The first-order valence-electron chi connectivity index (χ1n) is 6.26. The number of thiocarbonyl (C=S) groups is 1. The fourth-order valence-electron chi connectivity index (χ4n) is 2.03. The Morgan fingerprint density at radius 3 is 2.86 bits per heavy atom. The van der Waals surface area contributed by atoms with Crippen LogP contribution in [-0.2, 0) is 0 Å². The highest BCUT2D eigenvalue weighted by molar-refractivity contribution is 7.80. The molecule has 3 aromatic rings. The Morgan fingerprint density at radius 2 is 2.10 bits per heavy atom. The predicted octanol–water partition coefficient (Wildman–Crippen LogP) is 4.12. The summed E-state index contributed by atoms with van der Waals surface area (Å²) in [5.41, 5.74) is 8.87. The molecule has 0 fully saturated rings. The van der Waals surface area contributed by atoms with Gasteiger partial charge in [0.15, 0.2) is 5.13 Å². The van der Waals surface area contributed by atoms with Crippen LogP contribution in [0.3, 0.4) is 0 Å². The van der Waals surface area contributed by atoms with Crippen molar-refractivity contribution in [1.82, 2.24) is 4.98 Å². The van der Waals surface area contributed by atoms with Gasteiger partial charge in [-0.3, -0.25) is 0 Å². The Morgan fingerprint density at radius 1 is 1.29 bits per heavy atom. The zero-order valence-electron chi connectivity index (χ0n) is 11.2. The second-order valence-electron chi connectivity index (χ2n) is 4.67. The zero-order chi connectivity index (χ0) is 15.0. The third kappa shape index (κ3) is 2.86. The number of nitrogens with zero attached hydrogens (tertiary/aromatic N) is 1. The van der Waals surface area contributed by atoms with Gasteiger partial charge in [0.25, 0.3) is 0 Å². The average molecular weight is 317 g/mol. The summed E-state index contributed by atoms with van der Waals surface area (Å²) in [5, 5.41) is 3.89. The van der Waals surface area contributed by atoms with E-state index in [4.69, 9.17) is 18.0 Å². The number of anilines is 2. The number of hydrogen-bond donors (Lipinski definition) is 2. The third-order valence-corrected chi connectivity index (χ3v) is 4.19. The molecular formula is C15H12FN3S2. The lowest BCUT2D eigenvalue weighted by Gasteiger charge is -2.08. The number of fused-ring (bicyclic) bond motifs is 1. The third-order valence-electron chi connectivity index (χ3n) is 3.03. The first kappa shape index (κ1) is 13.9. The van der Waals surface area contributed by atoms with Crippen molar-refractivity contribution in [2.24, 2.45) is 5.73 Å². The number of rotatable bonds is 3. The number of aryl methyl sites for hydroxylation is 1. The summed E-state index contributed by atoms with van der Waals surface area (Å²) in [4.78, 5) is 4.65. The largest absolute Gasteiger partial charge is 0.389 e. The van der Waals surface area contributed by atoms with E-state index >= 15 is 0 Å². The predicted molar refractivity (Wildman–Crippen MR) is 89.9 cm³/mol. The molecule has 0 saturated carbocycles. The van der Waals surface area contributed by atoms with Crippen LogP contribution in [0, 0.1) is 12.7 Å². The quantitative estimate of drug-likeness (QED) is 0.713. The molecule has 0 aliphatic heterocycles. The molecule has 3 N–H and O–H groups in total. The molecule has 3 rings (SSSR count). The normalized spacial score (nSPS) is 10.8. The SMILES string of the molecule is Cc1ccc2nc(Nc3ccc(F)cc3C(N)=S)sc2c1. The summed E-state index contributed by atoms with van der Waals surface area (Å²) in [7, 11) is 0. The molecule has 2 aromatic carbocycles. The van der Waals surface area contributed by atoms with Gasteiger partial charge in [-0.15, -0.1) is 0 Å². The molecule has 6 heteroatoms. The molecule has 0 unspecified atom stereocenters. The lowest BCUT2D eigenvalue weighted by atomic mass is 10.1. The van der Waals surface area contributed by atoms with Gasteiger partial charge < -0.3 is 11.1 Å². The van der Waals surface area contributed by atoms with Gasteiger partial charge in [0, 0.05) is 5.56 Å². The van der Waals surface area contributed by atoms with E-state index in [0.717, 1.165) is 15.3 Å². The standard InChI is InChI=1S/C15H12FN3S2/c1-8-2-4-12-13(6-8)21-15(19-12)18-11-5-3-9(16)7-10(11)14(17)20/h2-7H,1H3,(H2,17,20)(H,18,19).